The van der Waals surface area contributed by atoms with Crippen molar-refractivity contribution in [3.05, 3.63) is 35.5 Å². The molecule has 1 aliphatic rings. The third-order valence-corrected chi connectivity index (χ3v) is 3.34. The van der Waals surface area contributed by atoms with Gasteiger partial charge in [0.1, 0.15) is 5.69 Å². The van der Waals surface area contributed by atoms with Crippen LogP contribution in [0.5, 0.6) is 0 Å². The smallest absolute Gasteiger partial charge is 0.301 e. The third-order valence-electron chi connectivity index (χ3n) is 3.34. The zero-order chi connectivity index (χ0) is 13.0. The van der Waals surface area contributed by atoms with E-state index in [-0.39, 0.29) is 11.3 Å². The SMILES string of the molecule is CN1C(=O)C(=O)c2c(n(C)c3ccccc23)C1=O. The first kappa shape index (κ1) is 10.7. The fraction of sp³-hybridized carbons (Fsp3) is 0.154. The molecule has 0 radical (unpaired) electrons. The lowest BCUT2D eigenvalue weighted by atomic mass is 10.0. The Kier molecular flexibility index (Phi) is 1.96. The van der Waals surface area contributed by atoms with E-state index < -0.39 is 17.6 Å². The molecule has 2 heterocycles. The molecule has 1 aromatic carbocycles. The van der Waals surface area contributed by atoms with Crippen LogP contribution in [0.4, 0.5) is 0 Å². The molecular formula is C13H10N2O3. The highest BCUT2D eigenvalue weighted by Gasteiger charge is 2.39. The van der Waals surface area contributed by atoms with Crippen LogP contribution in [0.15, 0.2) is 24.3 Å². The number of imide groups is 1. The van der Waals surface area contributed by atoms with Crippen LogP contribution in [0, 0.1) is 0 Å². The van der Waals surface area contributed by atoms with Crippen molar-refractivity contribution in [1.82, 2.24) is 9.47 Å². The van der Waals surface area contributed by atoms with Gasteiger partial charge in [-0.3, -0.25) is 19.3 Å². The first-order chi connectivity index (χ1) is 8.54. The normalized spacial score (nSPS) is 15.4. The van der Waals surface area contributed by atoms with Gasteiger partial charge in [0.25, 0.3) is 11.7 Å². The highest BCUT2D eigenvalue weighted by Crippen LogP contribution is 2.29. The molecule has 1 aliphatic heterocycles. The summed E-state index contributed by atoms with van der Waals surface area (Å²) in [5, 5.41) is 0.648. The summed E-state index contributed by atoms with van der Waals surface area (Å²) in [5.41, 5.74) is 1.27. The molecule has 0 atom stereocenters. The summed E-state index contributed by atoms with van der Waals surface area (Å²) in [6.45, 7) is 0. The van der Waals surface area contributed by atoms with Crippen molar-refractivity contribution < 1.29 is 14.4 Å². The molecule has 18 heavy (non-hydrogen) atoms. The van der Waals surface area contributed by atoms with E-state index in [1.807, 2.05) is 12.1 Å². The Morgan fingerprint density at radius 1 is 0.944 bits per heavy atom. The number of hydrogen-bond donors (Lipinski definition) is 0. The van der Waals surface area contributed by atoms with Crippen LogP contribution in [0.2, 0.25) is 0 Å². The Morgan fingerprint density at radius 2 is 1.61 bits per heavy atom. The van der Waals surface area contributed by atoms with E-state index in [1.54, 1.807) is 23.7 Å². The second-order valence-electron chi connectivity index (χ2n) is 4.30. The van der Waals surface area contributed by atoms with Crippen molar-refractivity contribution in [2.75, 3.05) is 7.05 Å². The number of Topliss-reactive ketones (excluding diaryl/α,β-unsaturated/α-hetero) is 1. The van der Waals surface area contributed by atoms with Gasteiger partial charge in [-0.25, -0.2) is 0 Å². The standard InChI is InChI=1S/C13H10N2O3/c1-14-8-6-4-3-5-7(8)9-10(14)12(17)15(2)13(18)11(9)16/h3-6H,1-2H3. The number of para-hydroxylation sites is 1. The van der Waals surface area contributed by atoms with Gasteiger partial charge in [0.05, 0.1) is 5.56 Å². The van der Waals surface area contributed by atoms with E-state index in [0.717, 1.165) is 10.4 Å². The maximum atomic E-state index is 12.1. The average molecular weight is 242 g/mol. The summed E-state index contributed by atoms with van der Waals surface area (Å²) in [5.74, 6) is -1.83. The van der Waals surface area contributed by atoms with Gasteiger partial charge in [-0.15, -0.1) is 0 Å². The van der Waals surface area contributed by atoms with Gasteiger partial charge < -0.3 is 4.57 Å². The molecular weight excluding hydrogens is 232 g/mol. The van der Waals surface area contributed by atoms with Crippen molar-refractivity contribution in [3.63, 3.8) is 0 Å². The summed E-state index contributed by atoms with van der Waals surface area (Å²) in [6.07, 6.45) is 0. The number of carbonyl (C=O) groups is 3. The summed E-state index contributed by atoms with van der Waals surface area (Å²) in [7, 11) is 3.04. The monoisotopic (exact) mass is 242 g/mol. The zero-order valence-electron chi connectivity index (χ0n) is 9.93. The quantitative estimate of drug-likeness (QED) is 0.511. The van der Waals surface area contributed by atoms with Crippen LogP contribution in [0.3, 0.4) is 0 Å². The lowest BCUT2D eigenvalue weighted by Gasteiger charge is -2.20. The van der Waals surface area contributed by atoms with E-state index >= 15 is 0 Å². The lowest BCUT2D eigenvalue weighted by molar-refractivity contribution is -0.123. The second kappa shape index (κ2) is 3.29. The number of aryl methyl sites for hydroxylation is 1. The number of nitrogens with zero attached hydrogens (tertiary/aromatic N) is 2. The van der Waals surface area contributed by atoms with E-state index in [1.165, 1.54) is 7.05 Å². The molecule has 2 aromatic rings. The summed E-state index contributed by atoms with van der Waals surface area (Å²) in [4.78, 5) is 36.7. The van der Waals surface area contributed by atoms with Crippen molar-refractivity contribution >= 4 is 28.5 Å². The molecule has 5 nitrogen and oxygen atoms in total. The number of hydrogen-bond acceptors (Lipinski definition) is 3. The van der Waals surface area contributed by atoms with Crippen molar-refractivity contribution in [2.45, 2.75) is 0 Å². The average Bonchev–Trinajstić information content (AvgIpc) is 2.68. The van der Waals surface area contributed by atoms with Crippen molar-refractivity contribution in [2.24, 2.45) is 7.05 Å². The Hall–Kier alpha value is -2.43. The summed E-state index contributed by atoms with van der Waals surface area (Å²) >= 11 is 0. The van der Waals surface area contributed by atoms with Crippen LogP contribution in [-0.4, -0.2) is 34.1 Å². The zero-order valence-corrected chi connectivity index (χ0v) is 9.93. The van der Waals surface area contributed by atoms with Gasteiger partial charge in [-0.2, -0.15) is 0 Å². The Morgan fingerprint density at radius 3 is 2.33 bits per heavy atom. The van der Waals surface area contributed by atoms with Crippen molar-refractivity contribution in [1.29, 1.82) is 0 Å². The minimum Gasteiger partial charge on any atom is -0.339 e. The second-order valence-corrected chi connectivity index (χ2v) is 4.30. The van der Waals surface area contributed by atoms with E-state index in [2.05, 4.69) is 0 Å². The molecule has 0 N–H and O–H groups in total. The predicted octanol–water partition coefficient (Wildman–Crippen LogP) is 0.973. The van der Waals surface area contributed by atoms with Gasteiger partial charge in [0.15, 0.2) is 0 Å². The summed E-state index contributed by atoms with van der Waals surface area (Å²) in [6, 6.07) is 7.17. The number of ketones is 1. The topological polar surface area (TPSA) is 59.4 Å². The fourth-order valence-electron chi connectivity index (χ4n) is 2.38. The minimum absolute atomic E-state index is 0.223. The van der Waals surface area contributed by atoms with E-state index in [0.29, 0.717) is 5.39 Å². The minimum atomic E-state index is -0.774. The molecule has 90 valence electrons. The van der Waals surface area contributed by atoms with Gasteiger partial charge in [0, 0.05) is 25.0 Å². The molecule has 5 heteroatoms. The fourth-order valence-corrected chi connectivity index (χ4v) is 2.38. The van der Waals surface area contributed by atoms with Crippen LogP contribution in [0.25, 0.3) is 10.9 Å². The van der Waals surface area contributed by atoms with Crippen LogP contribution < -0.4 is 0 Å². The maximum absolute atomic E-state index is 12.1. The molecule has 0 aliphatic carbocycles. The number of aromatic nitrogens is 1. The van der Waals surface area contributed by atoms with Gasteiger partial charge >= 0.3 is 5.91 Å². The molecule has 1 aromatic heterocycles. The third kappa shape index (κ3) is 1.08. The van der Waals surface area contributed by atoms with Crippen LogP contribution in [0.1, 0.15) is 20.8 Å². The number of carbonyl (C=O) groups excluding carboxylic acids is 3. The molecule has 0 spiro atoms. The van der Waals surface area contributed by atoms with Gasteiger partial charge in [-0.05, 0) is 6.07 Å². The number of benzene rings is 1. The lowest BCUT2D eigenvalue weighted by Crippen LogP contribution is -2.44. The highest BCUT2D eigenvalue weighted by atomic mass is 16.2. The maximum Gasteiger partial charge on any atom is 0.301 e. The van der Waals surface area contributed by atoms with E-state index in [4.69, 9.17) is 0 Å². The molecule has 2 amide bonds. The van der Waals surface area contributed by atoms with Crippen LogP contribution in [-0.2, 0) is 11.8 Å². The number of likely N-dealkylation sites (N-methyl/N-ethyl adjacent to an activating group) is 1. The first-order valence-electron chi connectivity index (χ1n) is 5.48. The van der Waals surface area contributed by atoms with E-state index in [9.17, 15) is 14.4 Å². The summed E-state index contributed by atoms with van der Waals surface area (Å²) < 4.78 is 1.66. The molecule has 0 unspecified atom stereocenters. The Balaban J connectivity index is 2.49. The molecule has 0 saturated heterocycles. The molecule has 3 rings (SSSR count). The van der Waals surface area contributed by atoms with Crippen LogP contribution >= 0.6 is 0 Å². The predicted molar refractivity (Wildman–Crippen MR) is 64.4 cm³/mol. The van der Waals surface area contributed by atoms with Gasteiger partial charge in [-0.1, -0.05) is 18.2 Å². The number of rotatable bonds is 0. The van der Waals surface area contributed by atoms with Gasteiger partial charge in [0.2, 0.25) is 0 Å². The first-order valence-corrected chi connectivity index (χ1v) is 5.48. The molecule has 0 saturated carbocycles. The number of amides is 2. The molecule has 0 bridgehead atoms. The van der Waals surface area contributed by atoms with Crippen molar-refractivity contribution in [3.8, 4) is 0 Å². The largest absolute Gasteiger partial charge is 0.339 e. The highest BCUT2D eigenvalue weighted by molar-refractivity contribution is 6.51. The molecule has 0 fully saturated rings. The Bertz CT molecular complexity index is 727. The number of fused-ring (bicyclic) bond motifs is 3. The Labute approximate surface area is 103 Å².